The molecule has 1 heterocycles. The number of benzene rings is 3. The maximum absolute atomic E-state index is 12.3. The molecule has 3 aromatic carbocycles. The van der Waals surface area contributed by atoms with Gasteiger partial charge >= 0.3 is 6.03 Å². The van der Waals surface area contributed by atoms with Crippen molar-refractivity contribution in [3.63, 3.8) is 0 Å². The molecule has 0 saturated carbocycles. The van der Waals surface area contributed by atoms with Gasteiger partial charge in [-0.15, -0.1) is 0 Å². The van der Waals surface area contributed by atoms with Crippen LogP contribution in [0.4, 0.5) is 9.93 Å². The Bertz CT molecular complexity index is 1110. The molecule has 0 bridgehead atoms. The first kappa shape index (κ1) is 16.5. The second-order valence-corrected chi connectivity index (χ2v) is 7.42. The molecule has 0 saturated heterocycles. The van der Waals surface area contributed by atoms with Gasteiger partial charge < -0.3 is 5.32 Å². The third-order valence-corrected chi connectivity index (χ3v) is 5.29. The van der Waals surface area contributed by atoms with Crippen molar-refractivity contribution in [2.24, 2.45) is 0 Å². The van der Waals surface area contributed by atoms with Crippen molar-refractivity contribution >= 4 is 43.5 Å². The second-order valence-electron chi connectivity index (χ2n) is 6.39. The molecule has 4 nitrogen and oxygen atoms in total. The van der Waals surface area contributed by atoms with Crippen molar-refractivity contribution in [1.82, 2.24) is 10.3 Å². The summed E-state index contributed by atoms with van der Waals surface area (Å²) in [7, 11) is 0. The Balaban J connectivity index is 1.48. The molecular formula is C21H19N3OS. The summed E-state index contributed by atoms with van der Waals surface area (Å²) in [5, 5.41) is 8.72. The fraction of sp³-hybridized carbons (Fsp3) is 0.143. The zero-order valence-corrected chi connectivity index (χ0v) is 15.5. The number of aryl methyl sites for hydroxylation is 2. The van der Waals surface area contributed by atoms with Crippen LogP contribution >= 0.6 is 11.3 Å². The van der Waals surface area contributed by atoms with Crippen molar-refractivity contribution < 1.29 is 4.79 Å². The molecule has 2 N–H and O–H groups in total. The number of nitrogens with zero attached hydrogens (tertiary/aromatic N) is 1. The summed E-state index contributed by atoms with van der Waals surface area (Å²) in [6.45, 7) is 4.58. The standard InChI is InChI=1S/C21H19N3OS/c1-13-10-14(2)19-18(11-13)26-21(23-19)24-20(25)22-12-16-8-5-7-15-6-3-4-9-17(15)16/h3-11H,12H2,1-2H3,(H2,22,23,24,25). The normalized spacial score (nSPS) is 11.0. The molecule has 4 rings (SSSR count). The first-order chi connectivity index (χ1) is 12.6. The predicted molar refractivity (Wildman–Crippen MR) is 109 cm³/mol. The Hall–Kier alpha value is -2.92. The Kier molecular flexibility index (Phi) is 4.31. The topological polar surface area (TPSA) is 54.0 Å². The second kappa shape index (κ2) is 6.77. The molecule has 26 heavy (non-hydrogen) atoms. The Morgan fingerprint density at radius 1 is 1.08 bits per heavy atom. The van der Waals surface area contributed by atoms with Gasteiger partial charge in [-0.3, -0.25) is 5.32 Å². The first-order valence-corrected chi connectivity index (χ1v) is 9.31. The largest absolute Gasteiger partial charge is 0.334 e. The summed E-state index contributed by atoms with van der Waals surface area (Å²) >= 11 is 1.50. The minimum Gasteiger partial charge on any atom is -0.334 e. The van der Waals surface area contributed by atoms with Crippen LogP contribution in [0, 0.1) is 13.8 Å². The quantitative estimate of drug-likeness (QED) is 0.514. The predicted octanol–water partition coefficient (Wildman–Crippen LogP) is 5.39. The molecule has 4 aromatic rings. The number of amides is 2. The molecular weight excluding hydrogens is 342 g/mol. The van der Waals surface area contributed by atoms with Gasteiger partial charge in [0.25, 0.3) is 0 Å². The molecule has 0 fully saturated rings. The Morgan fingerprint density at radius 2 is 1.88 bits per heavy atom. The number of carbonyl (C=O) groups is 1. The van der Waals surface area contributed by atoms with Crippen molar-refractivity contribution in [3.8, 4) is 0 Å². The van der Waals surface area contributed by atoms with Crippen LogP contribution in [-0.2, 0) is 6.54 Å². The third-order valence-electron chi connectivity index (χ3n) is 4.37. The van der Waals surface area contributed by atoms with Crippen LogP contribution in [0.3, 0.4) is 0 Å². The van der Waals surface area contributed by atoms with Crippen LogP contribution in [0.15, 0.2) is 54.6 Å². The van der Waals surface area contributed by atoms with E-state index in [4.69, 9.17) is 0 Å². The minimum absolute atomic E-state index is 0.244. The molecule has 0 atom stereocenters. The maximum atomic E-state index is 12.3. The Morgan fingerprint density at radius 3 is 2.77 bits per heavy atom. The summed E-state index contributed by atoms with van der Waals surface area (Å²) < 4.78 is 1.09. The van der Waals surface area contributed by atoms with Crippen molar-refractivity contribution in [1.29, 1.82) is 0 Å². The van der Waals surface area contributed by atoms with Gasteiger partial charge in [-0.2, -0.15) is 0 Å². The van der Waals surface area contributed by atoms with Gasteiger partial charge in [0, 0.05) is 6.54 Å². The van der Waals surface area contributed by atoms with E-state index >= 15 is 0 Å². The van der Waals surface area contributed by atoms with Gasteiger partial charge in [-0.25, -0.2) is 9.78 Å². The van der Waals surface area contributed by atoms with E-state index < -0.39 is 0 Å². The monoisotopic (exact) mass is 361 g/mol. The molecule has 0 radical (unpaired) electrons. The van der Waals surface area contributed by atoms with Crippen molar-refractivity contribution in [2.75, 3.05) is 5.32 Å². The van der Waals surface area contributed by atoms with Gasteiger partial charge in [0.15, 0.2) is 5.13 Å². The number of fused-ring (bicyclic) bond motifs is 2. The first-order valence-electron chi connectivity index (χ1n) is 8.49. The van der Waals surface area contributed by atoms with E-state index in [0.717, 1.165) is 26.7 Å². The van der Waals surface area contributed by atoms with Gasteiger partial charge in [0.1, 0.15) is 0 Å². The molecule has 130 valence electrons. The van der Waals surface area contributed by atoms with E-state index in [-0.39, 0.29) is 6.03 Å². The van der Waals surface area contributed by atoms with Crippen LogP contribution in [-0.4, -0.2) is 11.0 Å². The molecule has 0 aliphatic rings. The highest BCUT2D eigenvalue weighted by Gasteiger charge is 2.10. The SMILES string of the molecule is Cc1cc(C)c2nc(NC(=O)NCc3cccc4ccccc34)sc2c1. The summed E-state index contributed by atoms with van der Waals surface area (Å²) in [5.41, 5.74) is 4.37. The van der Waals surface area contributed by atoms with Gasteiger partial charge in [0.2, 0.25) is 0 Å². The lowest BCUT2D eigenvalue weighted by Gasteiger charge is -2.08. The number of hydrogen-bond donors (Lipinski definition) is 2. The number of nitrogens with one attached hydrogen (secondary N) is 2. The molecule has 0 unspecified atom stereocenters. The minimum atomic E-state index is -0.244. The fourth-order valence-corrected chi connectivity index (χ4v) is 4.22. The van der Waals surface area contributed by atoms with Crippen molar-refractivity contribution in [3.05, 3.63) is 71.3 Å². The zero-order valence-electron chi connectivity index (χ0n) is 14.7. The van der Waals surface area contributed by atoms with Crippen LogP contribution < -0.4 is 10.6 Å². The fourth-order valence-electron chi connectivity index (χ4n) is 3.19. The average molecular weight is 361 g/mol. The highest BCUT2D eigenvalue weighted by molar-refractivity contribution is 7.22. The number of urea groups is 1. The zero-order chi connectivity index (χ0) is 18.1. The van der Waals surface area contributed by atoms with Crippen molar-refractivity contribution in [2.45, 2.75) is 20.4 Å². The molecule has 1 aromatic heterocycles. The number of thiazole rings is 1. The number of carbonyl (C=O) groups excluding carboxylic acids is 1. The van der Waals surface area contributed by atoms with E-state index in [1.54, 1.807) is 0 Å². The summed E-state index contributed by atoms with van der Waals surface area (Å²) in [6, 6.07) is 18.2. The summed E-state index contributed by atoms with van der Waals surface area (Å²) in [5.74, 6) is 0. The molecule has 5 heteroatoms. The average Bonchev–Trinajstić information content (AvgIpc) is 3.02. The third kappa shape index (κ3) is 3.26. The van der Waals surface area contributed by atoms with Crippen LogP contribution in [0.5, 0.6) is 0 Å². The highest BCUT2D eigenvalue weighted by Crippen LogP contribution is 2.29. The smallest absolute Gasteiger partial charge is 0.321 e. The Labute approximate surface area is 155 Å². The highest BCUT2D eigenvalue weighted by atomic mass is 32.1. The van der Waals surface area contributed by atoms with E-state index in [1.165, 1.54) is 22.3 Å². The van der Waals surface area contributed by atoms with E-state index in [9.17, 15) is 4.79 Å². The van der Waals surface area contributed by atoms with E-state index in [0.29, 0.717) is 11.7 Å². The van der Waals surface area contributed by atoms with Gasteiger partial charge in [-0.05, 0) is 47.4 Å². The number of aromatic nitrogens is 1. The molecule has 2 amide bonds. The number of anilines is 1. The molecule has 0 aliphatic heterocycles. The lowest BCUT2D eigenvalue weighted by Crippen LogP contribution is -2.28. The number of hydrogen-bond acceptors (Lipinski definition) is 3. The lowest BCUT2D eigenvalue weighted by molar-refractivity contribution is 0.252. The van der Waals surface area contributed by atoms with E-state index in [2.05, 4.69) is 52.9 Å². The number of rotatable bonds is 3. The van der Waals surface area contributed by atoms with Crippen LogP contribution in [0.1, 0.15) is 16.7 Å². The summed E-state index contributed by atoms with van der Waals surface area (Å²) in [6.07, 6.45) is 0. The van der Waals surface area contributed by atoms with E-state index in [1.807, 2.05) is 31.2 Å². The molecule has 0 aliphatic carbocycles. The van der Waals surface area contributed by atoms with Crippen LogP contribution in [0.25, 0.3) is 21.0 Å². The van der Waals surface area contributed by atoms with Gasteiger partial charge in [-0.1, -0.05) is 59.9 Å². The lowest BCUT2D eigenvalue weighted by atomic mass is 10.0. The summed E-state index contributed by atoms with van der Waals surface area (Å²) in [4.78, 5) is 16.8. The van der Waals surface area contributed by atoms with Crippen LogP contribution in [0.2, 0.25) is 0 Å². The van der Waals surface area contributed by atoms with Gasteiger partial charge in [0.05, 0.1) is 10.2 Å². The maximum Gasteiger partial charge on any atom is 0.321 e. The molecule has 0 spiro atoms.